The summed E-state index contributed by atoms with van der Waals surface area (Å²) < 4.78 is 41.3. The Kier molecular flexibility index (Phi) is 6.48. The number of aromatic hydroxyl groups is 1. The topological polar surface area (TPSA) is 41.9 Å². The number of nitrogens with zero attached hydrogens (tertiary/aromatic N) is 1. The van der Waals surface area contributed by atoms with Gasteiger partial charge < -0.3 is 14.6 Å². The van der Waals surface area contributed by atoms with Crippen molar-refractivity contribution >= 4 is 11.1 Å². The number of hydrogen-bond acceptors (Lipinski definition) is 4. The second kappa shape index (κ2) is 9.70. The number of rotatable bonds is 7. The molecule has 2 aliphatic rings. The van der Waals surface area contributed by atoms with Crippen LogP contribution in [0.2, 0.25) is 0 Å². The summed E-state index contributed by atoms with van der Waals surface area (Å²) >= 11 is 0. The lowest BCUT2D eigenvalue weighted by molar-refractivity contribution is 0.0806. The number of phenolic OH excluding ortho intramolecular Hbond substituents is 1. The molecule has 35 heavy (non-hydrogen) atoms. The van der Waals surface area contributed by atoms with E-state index in [2.05, 4.69) is 11.8 Å². The minimum atomic E-state index is -0.921. The Bertz CT molecular complexity index is 1250. The van der Waals surface area contributed by atoms with Gasteiger partial charge in [-0.3, -0.25) is 4.90 Å². The Labute approximate surface area is 204 Å². The van der Waals surface area contributed by atoms with E-state index in [4.69, 9.17) is 9.47 Å². The van der Waals surface area contributed by atoms with E-state index < -0.39 is 17.7 Å². The van der Waals surface area contributed by atoms with Crippen LogP contribution in [0.15, 0.2) is 60.7 Å². The quantitative estimate of drug-likeness (QED) is 0.424. The lowest BCUT2D eigenvalue weighted by Gasteiger charge is -2.38. The fourth-order valence-corrected chi connectivity index (χ4v) is 4.88. The molecule has 1 fully saturated rings. The molecule has 6 heteroatoms. The summed E-state index contributed by atoms with van der Waals surface area (Å²) in [5, 5.41) is 10.00. The van der Waals surface area contributed by atoms with Crippen LogP contribution in [0.3, 0.4) is 0 Å². The summed E-state index contributed by atoms with van der Waals surface area (Å²) in [6.45, 7) is 7.86. The molecule has 2 aliphatic heterocycles. The fourth-order valence-electron chi connectivity index (χ4n) is 4.88. The molecule has 0 saturated carbocycles. The van der Waals surface area contributed by atoms with Crippen LogP contribution in [0.1, 0.15) is 43.1 Å². The number of phenols is 1. The molecule has 1 saturated heterocycles. The van der Waals surface area contributed by atoms with Gasteiger partial charge in [0.15, 0.2) is 11.6 Å². The molecule has 1 unspecified atom stereocenters. The van der Waals surface area contributed by atoms with Crippen molar-refractivity contribution in [2.45, 2.75) is 26.4 Å². The van der Waals surface area contributed by atoms with Gasteiger partial charge >= 0.3 is 0 Å². The van der Waals surface area contributed by atoms with Crippen molar-refractivity contribution in [2.24, 2.45) is 5.92 Å². The number of hydrogen-bond donors (Lipinski definition) is 1. The summed E-state index contributed by atoms with van der Waals surface area (Å²) in [4.78, 5) is 2.39. The van der Waals surface area contributed by atoms with E-state index in [0.29, 0.717) is 23.5 Å². The zero-order valence-corrected chi connectivity index (χ0v) is 19.9. The van der Waals surface area contributed by atoms with Crippen molar-refractivity contribution in [3.05, 3.63) is 89.0 Å². The molecule has 0 bridgehead atoms. The lowest BCUT2D eigenvalue weighted by Crippen LogP contribution is -2.47. The number of halogens is 2. The third-order valence-corrected chi connectivity index (χ3v) is 6.99. The van der Waals surface area contributed by atoms with Gasteiger partial charge in [-0.05, 0) is 60.4 Å². The van der Waals surface area contributed by atoms with E-state index in [9.17, 15) is 13.9 Å². The van der Waals surface area contributed by atoms with E-state index >= 15 is 0 Å². The van der Waals surface area contributed by atoms with Crippen molar-refractivity contribution < 1.29 is 23.4 Å². The molecule has 5 rings (SSSR count). The maximum Gasteiger partial charge on any atom is 0.166 e. The van der Waals surface area contributed by atoms with Gasteiger partial charge in [0.25, 0.3) is 0 Å². The Morgan fingerprint density at radius 2 is 1.80 bits per heavy atom. The van der Waals surface area contributed by atoms with Crippen molar-refractivity contribution in [3.63, 3.8) is 0 Å². The second-order valence-electron chi connectivity index (χ2n) is 9.27. The van der Waals surface area contributed by atoms with Crippen LogP contribution in [0.4, 0.5) is 8.78 Å². The SMILES string of the molecule is CCC1CN(CCOc2ccc(C3Oc4ccc(O)cc4C(C)=C3c3cccc(F)c3F)cc2)C1. The number of fused-ring (bicyclic) bond motifs is 1. The third kappa shape index (κ3) is 4.63. The van der Waals surface area contributed by atoms with Crippen LogP contribution in [0.25, 0.3) is 11.1 Å². The monoisotopic (exact) mass is 477 g/mol. The summed E-state index contributed by atoms with van der Waals surface area (Å²) in [5.41, 5.74) is 2.83. The highest BCUT2D eigenvalue weighted by Gasteiger charge is 2.31. The maximum atomic E-state index is 14.9. The van der Waals surface area contributed by atoms with Crippen molar-refractivity contribution in [2.75, 3.05) is 26.2 Å². The first-order valence-corrected chi connectivity index (χ1v) is 12.0. The fraction of sp³-hybridized carbons (Fsp3) is 0.310. The molecular formula is C29H29F2NO3. The normalized spacial score (nSPS) is 18.1. The van der Waals surface area contributed by atoms with E-state index in [0.717, 1.165) is 48.5 Å². The maximum absolute atomic E-state index is 14.9. The van der Waals surface area contributed by atoms with Crippen molar-refractivity contribution in [3.8, 4) is 17.2 Å². The average Bonchev–Trinajstić information content (AvgIpc) is 2.83. The Morgan fingerprint density at radius 1 is 1.03 bits per heavy atom. The van der Waals surface area contributed by atoms with Gasteiger partial charge in [-0.2, -0.15) is 0 Å². The van der Waals surface area contributed by atoms with Gasteiger partial charge in [0.2, 0.25) is 0 Å². The third-order valence-electron chi connectivity index (χ3n) is 6.99. The van der Waals surface area contributed by atoms with E-state index in [1.54, 1.807) is 24.3 Å². The summed E-state index contributed by atoms with van der Waals surface area (Å²) in [6, 6.07) is 16.5. The van der Waals surface area contributed by atoms with Crippen LogP contribution in [-0.4, -0.2) is 36.2 Å². The van der Waals surface area contributed by atoms with Crippen LogP contribution < -0.4 is 9.47 Å². The predicted molar refractivity (Wildman–Crippen MR) is 132 cm³/mol. The van der Waals surface area contributed by atoms with Gasteiger partial charge in [0.1, 0.15) is 30.0 Å². The van der Waals surface area contributed by atoms with Crippen molar-refractivity contribution in [1.82, 2.24) is 4.90 Å². The first-order valence-electron chi connectivity index (χ1n) is 12.0. The van der Waals surface area contributed by atoms with Crippen molar-refractivity contribution in [1.29, 1.82) is 0 Å². The molecule has 1 atom stereocenters. The predicted octanol–water partition coefficient (Wildman–Crippen LogP) is 6.46. The molecule has 0 amide bonds. The van der Waals surface area contributed by atoms with E-state index in [-0.39, 0.29) is 11.3 Å². The van der Waals surface area contributed by atoms with E-state index in [1.807, 2.05) is 31.2 Å². The molecular weight excluding hydrogens is 448 g/mol. The second-order valence-corrected chi connectivity index (χ2v) is 9.27. The van der Waals surface area contributed by atoms with Crippen LogP contribution in [0.5, 0.6) is 17.2 Å². The summed E-state index contributed by atoms with van der Waals surface area (Å²) in [5.74, 6) is 0.379. The molecule has 182 valence electrons. The highest BCUT2D eigenvalue weighted by atomic mass is 19.2. The van der Waals surface area contributed by atoms with Gasteiger partial charge in [-0.15, -0.1) is 0 Å². The van der Waals surface area contributed by atoms with Gasteiger partial charge in [0, 0.05) is 36.3 Å². The standard InChI is InChI=1S/C29H29F2NO3/c1-3-19-16-32(17-19)13-14-34-22-10-7-20(8-11-22)29-27(23-5-4-6-25(30)28(23)31)18(2)24-15-21(33)9-12-26(24)35-29/h4-12,15,19,29,33H,3,13-14,16-17H2,1-2H3. The zero-order chi connectivity index (χ0) is 24.5. The minimum absolute atomic E-state index is 0.0779. The molecule has 0 aromatic heterocycles. The van der Waals surface area contributed by atoms with E-state index in [1.165, 1.54) is 12.5 Å². The summed E-state index contributed by atoms with van der Waals surface area (Å²) in [6.07, 6.45) is 0.577. The molecule has 2 heterocycles. The van der Waals surface area contributed by atoms with Gasteiger partial charge in [-0.25, -0.2) is 8.78 Å². The molecule has 0 spiro atoms. The van der Waals surface area contributed by atoms with Crippen LogP contribution in [0, 0.1) is 17.6 Å². The Hall–Kier alpha value is -3.38. The zero-order valence-electron chi connectivity index (χ0n) is 19.9. The summed E-state index contributed by atoms with van der Waals surface area (Å²) in [7, 11) is 0. The molecule has 3 aromatic rings. The van der Waals surface area contributed by atoms with Crippen LogP contribution in [-0.2, 0) is 0 Å². The Balaban J connectivity index is 1.41. The highest BCUT2D eigenvalue weighted by molar-refractivity contribution is 5.95. The number of benzene rings is 3. The van der Waals surface area contributed by atoms with Crippen LogP contribution >= 0.6 is 0 Å². The number of allylic oxidation sites excluding steroid dienone is 1. The minimum Gasteiger partial charge on any atom is -0.508 e. The average molecular weight is 478 g/mol. The molecule has 1 N–H and O–H groups in total. The molecule has 4 nitrogen and oxygen atoms in total. The lowest BCUT2D eigenvalue weighted by atomic mass is 9.86. The van der Waals surface area contributed by atoms with Gasteiger partial charge in [-0.1, -0.05) is 37.6 Å². The first-order chi connectivity index (χ1) is 16.9. The molecule has 0 radical (unpaired) electrons. The number of ether oxygens (including phenoxy) is 2. The smallest absolute Gasteiger partial charge is 0.166 e. The molecule has 0 aliphatic carbocycles. The number of likely N-dealkylation sites (tertiary alicyclic amines) is 1. The first kappa shape index (κ1) is 23.4. The highest BCUT2D eigenvalue weighted by Crippen LogP contribution is 2.48. The molecule has 3 aromatic carbocycles. The Morgan fingerprint density at radius 3 is 2.54 bits per heavy atom. The largest absolute Gasteiger partial charge is 0.508 e. The van der Waals surface area contributed by atoms with Gasteiger partial charge in [0.05, 0.1) is 0 Å².